The molecule has 0 aliphatic heterocycles. The van der Waals surface area contributed by atoms with Crippen LogP contribution in [0.4, 0.5) is 0 Å². The van der Waals surface area contributed by atoms with Crippen molar-refractivity contribution in [3.05, 3.63) is 54.7 Å². The summed E-state index contributed by atoms with van der Waals surface area (Å²) in [6.45, 7) is 0. The van der Waals surface area contributed by atoms with Gasteiger partial charge in [0.25, 0.3) is 0 Å². The molecule has 0 fully saturated rings. The molecule has 1 heterocycles. The van der Waals surface area contributed by atoms with Gasteiger partial charge in [-0.3, -0.25) is 4.98 Å². The van der Waals surface area contributed by atoms with Gasteiger partial charge in [-0.2, -0.15) is 0 Å². The van der Waals surface area contributed by atoms with Gasteiger partial charge in [0.2, 0.25) is 0 Å². The third-order valence-corrected chi connectivity index (χ3v) is 2.47. The SMILES string of the molecule is O=P(O)(O)O.c1ccc2cc3ncccc3cc2c1. The van der Waals surface area contributed by atoms with Crippen LogP contribution in [0.3, 0.4) is 0 Å². The monoisotopic (exact) mass is 277 g/mol. The zero-order chi connectivity index (χ0) is 13.9. The first-order valence-electron chi connectivity index (χ1n) is 5.45. The Kier molecular flexibility index (Phi) is 3.93. The second-order valence-electron chi connectivity index (χ2n) is 3.91. The summed E-state index contributed by atoms with van der Waals surface area (Å²) in [5.74, 6) is 0. The number of hydrogen-bond acceptors (Lipinski definition) is 2. The van der Waals surface area contributed by atoms with Crippen LogP contribution in [0.15, 0.2) is 54.7 Å². The number of hydrogen-bond donors (Lipinski definition) is 3. The fraction of sp³-hybridized carbons (Fsp3) is 0. The molecule has 98 valence electrons. The van der Waals surface area contributed by atoms with Crippen molar-refractivity contribution >= 4 is 29.5 Å². The molecule has 2 aromatic carbocycles. The average Bonchev–Trinajstić information content (AvgIpc) is 2.34. The molecule has 0 bridgehead atoms. The molecule has 5 nitrogen and oxygen atoms in total. The minimum absolute atomic E-state index is 1.06. The van der Waals surface area contributed by atoms with Crippen molar-refractivity contribution in [1.29, 1.82) is 0 Å². The Hall–Kier alpha value is -1.78. The maximum atomic E-state index is 8.88. The van der Waals surface area contributed by atoms with Crippen LogP contribution in [-0.4, -0.2) is 19.7 Å². The quantitative estimate of drug-likeness (QED) is 0.433. The van der Waals surface area contributed by atoms with E-state index >= 15 is 0 Å². The molecule has 3 aromatic rings. The molecule has 3 N–H and O–H groups in total. The summed E-state index contributed by atoms with van der Waals surface area (Å²) in [6, 6.07) is 16.7. The van der Waals surface area contributed by atoms with E-state index < -0.39 is 7.82 Å². The maximum absolute atomic E-state index is 8.88. The van der Waals surface area contributed by atoms with Crippen LogP contribution >= 0.6 is 7.82 Å². The number of fused-ring (bicyclic) bond motifs is 2. The van der Waals surface area contributed by atoms with Gasteiger partial charge in [0.1, 0.15) is 0 Å². The summed E-state index contributed by atoms with van der Waals surface area (Å²) in [5.41, 5.74) is 1.06. The largest absolute Gasteiger partial charge is 0.466 e. The normalized spacial score (nSPS) is 11.1. The van der Waals surface area contributed by atoms with Crippen molar-refractivity contribution < 1.29 is 19.2 Å². The van der Waals surface area contributed by atoms with Gasteiger partial charge >= 0.3 is 7.82 Å². The molecule has 0 saturated heterocycles. The van der Waals surface area contributed by atoms with Gasteiger partial charge < -0.3 is 14.7 Å². The van der Waals surface area contributed by atoms with Crippen molar-refractivity contribution in [2.24, 2.45) is 0 Å². The first-order chi connectivity index (χ1) is 8.93. The highest BCUT2D eigenvalue weighted by Crippen LogP contribution is 2.25. The van der Waals surface area contributed by atoms with E-state index in [0.717, 1.165) is 5.52 Å². The topological polar surface area (TPSA) is 90.7 Å². The summed E-state index contributed by atoms with van der Waals surface area (Å²) in [6.07, 6.45) is 1.83. The van der Waals surface area contributed by atoms with E-state index in [-0.39, 0.29) is 0 Å². The van der Waals surface area contributed by atoms with E-state index in [4.69, 9.17) is 19.2 Å². The summed E-state index contributed by atoms with van der Waals surface area (Å²) in [7, 11) is -4.64. The van der Waals surface area contributed by atoms with Gasteiger partial charge in [-0.1, -0.05) is 30.3 Å². The second kappa shape index (κ2) is 5.47. The first kappa shape index (κ1) is 13.6. The summed E-state index contributed by atoms with van der Waals surface area (Å²) >= 11 is 0. The Balaban J connectivity index is 0.000000232. The molecule has 0 aliphatic carbocycles. The molecule has 0 spiro atoms. The highest BCUT2D eigenvalue weighted by Gasteiger charge is 2.00. The Morgan fingerprint density at radius 1 is 0.842 bits per heavy atom. The molecule has 0 aliphatic rings. The third-order valence-electron chi connectivity index (χ3n) is 2.47. The van der Waals surface area contributed by atoms with Crippen molar-refractivity contribution in [3.8, 4) is 0 Å². The summed E-state index contributed by atoms with van der Waals surface area (Å²) < 4.78 is 8.88. The lowest BCUT2D eigenvalue weighted by Gasteiger charge is -2.00. The predicted octanol–water partition coefficient (Wildman–Crippen LogP) is 2.46. The number of phosphoric acid groups is 1. The molecule has 6 heteroatoms. The summed E-state index contributed by atoms with van der Waals surface area (Å²) in [5, 5.41) is 3.72. The maximum Gasteiger partial charge on any atom is 0.466 e. The lowest BCUT2D eigenvalue weighted by Crippen LogP contribution is -1.78. The summed E-state index contributed by atoms with van der Waals surface area (Å²) in [4.78, 5) is 25.9. The first-order valence-corrected chi connectivity index (χ1v) is 7.02. The van der Waals surface area contributed by atoms with Crippen molar-refractivity contribution in [1.82, 2.24) is 4.98 Å². The van der Waals surface area contributed by atoms with Gasteiger partial charge in [-0.25, -0.2) is 4.57 Å². The number of pyridine rings is 1. The van der Waals surface area contributed by atoms with Gasteiger partial charge in [0, 0.05) is 11.6 Å². The fourth-order valence-electron chi connectivity index (χ4n) is 1.76. The molecule has 3 rings (SSSR count). The Bertz CT molecular complexity index is 640. The van der Waals surface area contributed by atoms with E-state index in [1.165, 1.54) is 16.2 Å². The Morgan fingerprint density at radius 3 is 2.00 bits per heavy atom. The minimum Gasteiger partial charge on any atom is -0.303 e. The lowest BCUT2D eigenvalue weighted by atomic mass is 10.1. The average molecular weight is 277 g/mol. The molecule has 1 aromatic heterocycles. The van der Waals surface area contributed by atoms with Crippen LogP contribution in [0.1, 0.15) is 0 Å². The van der Waals surface area contributed by atoms with Crippen LogP contribution < -0.4 is 0 Å². The highest BCUT2D eigenvalue weighted by molar-refractivity contribution is 7.45. The molecule has 0 radical (unpaired) electrons. The number of rotatable bonds is 0. The van der Waals surface area contributed by atoms with E-state index in [9.17, 15) is 0 Å². The standard InChI is InChI=1S/C13H9N.H3O4P/c1-2-5-11-9-13-12(6-3-7-14-13)8-10(11)4-1;1-5(2,3)4/h1-9H;(H3,1,2,3,4). The van der Waals surface area contributed by atoms with Gasteiger partial charge in [0.15, 0.2) is 0 Å². The number of benzene rings is 2. The zero-order valence-corrected chi connectivity index (χ0v) is 10.7. The molecular weight excluding hydrogens is 265 g/mol. The Labute approximate surface area is 109 Å². The van der Waals surface area contributed by atoms with E-state index in [2.05, 4.69) is 47.4 Å². The minimum atomic E-state index is -4.64. The molecular formula is C13H12NO4P. The number of nitrogens with zero attached hydrogens (tertiary/aromatic N) is 1. The zero-order valence-electron chi connectivity index (χ0n) is 9.84. The van der Waals surface area contributed by atoms with Crippen molar-refractivity contribution in [3.63, 3.8) is 0 Å². The van der Waals surface area contributed by atoms with Gasteiger partial charge in [-0.05, 0) is 29.0 Å². The van der Waals surface area contributed by atoms with Gasteiger partial charge in [0.05, 0.1) is 5.52 Å². The molecule has 0 unspecified atom stereocenters. The number of aromatic nitrogens is 1. The molecule has 19 heavy (non-hydrogen) atoms. The molecule has 0 saturated carbocycles. The van der Waals surface area contributed by atoms with Crippen molar-refractivity contribution in [2.75, 3.05) is 0 Å². The van der Waals surface area contributed by atoms with E-state index in [0.29, 0.717) is 0 Å². The third kappa shape index (κ3) is 4.12. The van der Waals surface area contributed by atoms with Crippen LogP contribution in [0.2, 0.25) is 0 Å². The van der Waals surface area contributed by atoms with Crippen molar-refractivity contribution in [2.45, 2.75) is 0 Å². The molecule has 0 amide bonds. The van der Waals surface area contributed by atoms with Crippen LogP contribution in [-0.2, 0) is 4.57 Å². The molecule has 0 atom stereocenters. The fourth-order valence-corrected chi connectivity index (χ4v) is 1.76. The van der Waals surface area contributed by atoms with E-state index in [1.54, 1.807) is 0 Å². The van der Waals surface area contributed by atoms with Crippen LogP contribution in [0.25, 0.3) is 21.7 Å². The highest BCUT2D eigenvalue weighted by atomic mass is 31.2. The lowest BCUT2D eigenvalue weighted by molar-refractivity contribution is 0.275. The second-order valence-corrected chi connectivity index (χ2v) is 4.94. The Morgan fingerprint density at radius 2 is 1.37 bits per heavy atom. The smallest absolute Gasteiger partial charge is 0.303 e. The van der Waals surface area contributed by atoms with Crippen LogP contribution in [0, 0.1) is 0 Å². The predicted molar refractivity (Wildman–Crippen MR) is 73.5 cm³/mol. The van der Waals surface area contributed by atoms with Crippen LogP contribution in [0.5, 0.6) is 0 Å². The van der Waals surface area contributed by atoms with E-state index in [1.807, 2.05) is 12.3 Å². The van der Waals surface area contributed by atoms with Gasteiger partial charge in [-0.15, -0.1) is 0 Å².